The molecule has 1 aromatic heterocycles. The lowest BCUT2D eigenvalue weighted by Crippen LogP contribution is -2.39. The summed E-state index contributed by atoms with van der Waals surface area (Å²) in [5.74, 6) is 1.89. The van der Waals surface area contributed by atoms with Crippen LogP contribution in [0.5, 0.6) is 0 Å². The Morgan fingerprint density at radius 1 is 1.50 bits per heavy atom. The van der Waals surface area contributed by atoms with Gasteiger partial charge in [-0.15, -0.1) is 0 Å². The van der Waals surface area contributed by atoms with Gasteiger partial charge in [0.05, 0.1) is 6.54 Å². The SMILES string of the molecule is CC(=O)N(Cc1noc(C2CC2)n1)[C@H]1CCNC1. The van der Waals surface area contributed by atoms with Crippen molar-refractivity contribution in [3.8, 4) is 0 Å². The number of nitrogens with zero attached hydrogens (tertiary/aromatic N) is 3. The van der Waals surface area contributed by atoms with E-state index in [0.717, 1.165) is 38.2 Å². The number of carbonyl (C=O) groups is 1. The van der Waals surface area contributed by atoms with Crippen LogP contribution in [0.3, 0.4) is 0 Å². The number of aromatic nitrogens is 2. The zero-order chi connectivity index (χ0) is 12.5. The highest BCUT2D eigenvalue weighted by atomic mass is 16.5. The molecule has 1 amide bonds. The summed E-state index contributed by atoms with van der Waals surface area (Å²) in [6.07, 6.45) is 3.28. The Labute approximate surface area is 106 Å². The minimum atomic E-state index is 0.0708. The standard InChI is InChI=1S/C12H18N4O2/c1-8(17)16(10-4-5-13-6-10)7-11-14-12(18-15-11)9-2-3-9/h9-10,13H,2-7H2,1H3/t10-/m0/s1. The van der Waals surface area contributed by atoms with Crippen LogP contribution in [0.2, 0.25) is 0 Å². The molecular weight excluding hydrogens is 232 g/mol. The van der Waals surface area contributed by atoms with Crippen LogP contribution in [0.25, 0.3) is 0 Å². The van der Waals surface area contributed by atoms with Crippen molar-refractivity contribution in [3.63, 3.8) is 0 Å². The molecule has 0 aromatic carbocycles. The summed E-state index contributed by atoms with van der Waals surface area (Å²) in [4.78, 5) is 17.9. The molecule has 0 spiro atoms. The molecule has 2 aliphatic rings. The van der Waals surface area contributed by atoms with Gasteiger partial charge in [0, 0.05) is 25.4 Å². The van der Waals surface area contributed by atoms with Crippen LogP contribution in [-0.4, -0.2) is 40.1 Å². The van der Waals surface area contributed by atoms with Crippen molar-refractivity contribution in [3.05, 3.63) is 11.7 Å². The third kappa shape index (κ3) is 2.38. The second-order valence-corrected chi connectivity index (χ2v) is 5.12. The van der Waals surface area contributed by atoms with Crippen molar-refractivity contribution in [1.82, 2.24) is 20.4 Å². The predicted molar refractivity (Wildman–Crippen MR) is 63.8 cm³/mol. The average Bonchev–Trinajstić information content (AvgIpc) is 2.89. The maximum Gasteiger partial charge on any atom is 0.229 e. The van der Waals surface area contributed by atoms with Gasteiger partial charge in [0.15, 0.2) is 5.82 Å². The van der Waals surface area contributed by atoms with E-state index in [4.69, 9.17) is 4.52 Å². The molecule has 6 heteroatoms. The van der Waals surface area contributed by atoms with E-state index in [2.05, 4.69) is 15.5 Å². The number of hydrogen-bond donors (Lipinski definition) is 1. The zero-order valence-corrected chi connectivity index (χ0v) is 10.6. The summed E-state index contributed by atoms with van der Waals surface area (Å²) in [6.45, 7) is 3.87. The topological polar surface area (TPSA) is 71.3 Å². The van der Waals surface area contributed by atoms with Crippen molar-refractivity contribution >= 4 is 5.91 Å². The number of hydrogen-bond acceptors (Lipinski definition) is 5. The molecule has 1 saturated carbocycles. The fourth-order valence-corrected chi connectivity index (χ4v) is 2.38. The highest BCUT2D eigenvalue weighted by molar-refractivity contribution is 5.73. The fourth-order valence-electron chi connectivity index (χ4n) is 2.38. The summed E-state index contributed by atoms with van der Waals surface area (Å²) in [5.41, 5.74) is 0. The predicted octanol–water partition coefficient (Wildman–Crippen LogP) is 0.657. The van der Waals surface area contributed by atoms with Crippen molar-refractivity contribution in [1.29, 1.82) is 0 Å². The minimum Gasteiger partial charge on any atom is -0.339 e. The van der Waals surface area contributed by atoms with Crippen molar-refractivity contribution in [2.45, 2.75) is 44.7 Å². The minimum absolute atomic E-state index is 0.0708. The highest BCUT2D eigenvalue weighted by Gasteiger charge is 2.31. The summed E-state index contributed by atoms with van der Waals surface area (Å²) in [5, 5.41) is 7.24. The van der Waals surface area contributed by atoms with Gasteiger partial charge in [-0.25, -0.2) is 0 Å². The lowest BCUT2D eigenvalue weighted by molar-refractivity contribution is -0.131. The van der Waals surface area contributed by atoms with Crippen molar-refractivity contribution in [2.24, 2.45) is 0 Å². The summed E-state index contributed by atoms with van der Waals surface area (Å²) < 4.78 is 5.22. The van der Waals surface area contributed by atoms with Crippen LogP contribution in [0.15, 0.2) is 4.52 Å². The van der Waals surface area contributed by atoms with Gasteiger partial charge in [-0.1, -0.05) is 5.16 Å². The Hall–Kier alpha value is -1.43. The Bertz CT molecular complexity index is 435. The van der Waals surface area contributed by atoms with Gasteiger partial charge in [-0.05, 0) is 25.8 Å². The van der Waals surface area contributed by atoms with E-state index in [1.165, 1.54) is 0 Å². The molecule has 0 radical (unpaired) electrons. The van der Waals surface area contributed by atoms with Gasteiger partial charge in [0.1, 0.15) is 0 Å². The van der Waals surface area contributed by atoms with Crippen LogP contribution < -0.4 is 5.32 Å². The summed E-state index contributed by atoms with van der Waals surface area (Å²) in [6, 6.07) is 0.255. The molecule has 2 heterocycles. The Morgan fingerprint density at radius 2 is 2.33 bits per heavy atom. The first kappa shape index (κ1) is 11.6. The zero-order valence-electron chi connectivity index (χ0n) is 10.6. The number of nitrogens with one attached hydrogen (secondary N) is 1. The lowest BCUT2D eigenvalue weighted by atomic mass is 10.2. The van der Waals surface area contributed by atoms with Gasteiger partial charge in [0.2, 0.25) is 11.8 Å². The van der Waals surface area contributed by atoms with Crippen LogP contribution in [0.4, 0.5) is 0 Å². The molecule has 1 aliphatic carbocycles. The first-order valence-electron chi connectivity index (χ1n) is 6.54. The molecule has 0 unspecified atom stereocenters. The molecule has 6 nitrogen and oxygen atoms in total. The van der Waals surface area contributed by atoms with E-state index in [9.17, 15) is 4.79 Å². The van der Waals surface area contributed by atoms with Crippen molar-refractivity contribution < 1.29 is 9.32 Å². The molecule has 1 atom stereocenters. The third-order valence-electron chi connectivity index (χ3n) is 3.60. The largest absolute Gasteiger partial charge is 0.339 e. The Morgan fingerprint density at radius 3 is 2.94 bits per heavy atom. The second kappa shape index (κ2) is 4.68. The first-order chi connectivity index (χ1) is 8.74. The van der Waals surface area contributed by atoms with Gasteiger partial charge < -0.3 is 14.7 Å². The van der Waals surface area contributed by atoms with E-state index in [0.29, 0.717) is 18.3 Å². The normalized spacial score (nSPS) is 23.3. The molecule has 18 heavy (non-hydrogen) atoms. The quantitative estimate of drug-likeness (QED) is 0.850. The van der Waals surface area contributed by atoms with E-state index < -0.39 is 0 Å². The monoisotopic (exact) mass is 250 g/mol. The molecule has 1 aromatic rings. The fraction of sp³-hybridized carbons (Fsp3) is 0.750. The maximum absolute atomic E-state index is 11.7. The smallest absolute Gasteiger partial charge is 0.229 e. The highest BCUT2D eigenvalue weighted by Crippen LogP contribution is 2.38. The second-order valence-electron chi connectivity index (χ2n) is 5.12. The van der Waals surface area contributed by atoms with Crippen LogP contribution in [0.1, 0.15) is 43.8 Å². The molecular formula is C12H18N4O2. The summed E-state index contributed by atoms with van der Waals surface area (Å²) in [7, 11) is 0. The van der Waals surface area contributed by atoms with Crippen LogP contribution in [-0.2, 0) is 11.3 Å². The Balaban J connectivity index is 1.68. The molecule has 0 bridgehead atoms. The van der Waals surface area contributed by atoms with Gasteiger partial charge in [-0.3, -0.25) is 4.79 Å². The van der Waals surface area contributed by atoms with E-state index in [1.54, 1.807) is 6.92 Å². The van der Waals surface area contributed by atoms with Crippen LogP contribution in [0, 0.1) is 0 Å². The van der Waals surface area contributed by atoms with Crippen LogP contribution >= 0.6 is 0 Å². The first-order valence-corrected chi connectivity index (χ1v) is 6.54. The van der Waals surface area contributed by atoms with E-state index in [-0.39, 0.29) is 11.9 Å². The van der Waals surface area contributed by atoms with Gasteiger partial charge in [0.25, 0.3) is 0 Å². The molecule has 3 rings (SSSR count). The average molecular weight is 250 g/mol. The number of rotatable bonds is 4. The number of carbonyl (C=O) groups excluding carboxylic acids is 1. The van der Waals surface area contributed by atoms with Gasteiger partial charge >= 0.3 is 0 Å². The van der Waals surface area contributed by atoms with Gasteiger partial charge in [-0.2, -0.15) is 4.98 Å². The van der Waals surface area contributed by atoms with E-state index in [1.807, 2.05) is 4.90 Å². The lowest BCUT2D eigenvalue weighted by Gasteiger charge is -2.25. The third-order valence-corrected chi connectivity index (χ3v) is 3.60. The molecule has 2 fully saturated rings. The summed E-state index contributed by atoms with van der Waals surface area (Å²) >= 11 is 0. The molecule has 1 saturated heterocycles. The Kier molecular flexibility index (Phi) is 3.03. The van der Waals surface area contributed by atoms with Crippen molar-refractivity contribution in [2.75, 3.05) is 13.1 Å². The van der Waals surface area contributed by atoms with E-state index >= 15 is 0 Å². The molecule has 1 aliphatic heterocycles. The molecule has 1 N–H and O–H groups in total. The maximum atomic E-state index is 11.7. The number of amides is 1. The molecule has 98 valence electrons.